The van der Waals surface area contributed by atoms with E-state index in [-0.39, 0.29) is 0 Å². The molecule has 1 aromatic rings. The summed E-state index contributed by atoms with van der Waals surface area (Å²) in [6, 6.07) is 4.15. The summed E-state index contributed by atoms with van der Waals surface area (Å²) in [5, 5.41) is 9.29. The van der Waals surface area contributed by atoms with Crippen LogP contribution >= 0.6 is 0 Å². The molecule has 0 bridgehead atoms. The van der Waals surface area contributed by atoms with E-state index in [0.717, 1.165) is 31.5 Å². The summed E-state index contributed by atoms with van der Waals surface area (Å²) in [7, 11) is 0. The standard InChI is InChI=1S/C14H18F3NO/c1-10-4-2-3-7-18(10)9-11-5-6-13(19)12(8-11)14(15,16)17/h5-6,8,10,19H,2-4,7,9H2,1H3. The molecule has 1 aliphatic rings. The van der Waals surface area contributed by atoms with Crippen LogP contribution in [-0.2, 0) is 12.7 Å². The van der Waals surface area contributed by atoms with Gasteiger partial charge in [0.05, 0.1) is 5.56 Å². The van der Waals surface area contributed by atoms with Crippen molar-refractivity contribution >= 4 is 0 Å². The lowest BCUT2D eigenvalue weighted by Gasteiger charge is -2.33. The first-order chi connectivity index (χ1) is 8.88. The Hall–Kier alpha value is -1.23. The molecule has 2 rings (SSSR count). The molecule has 5 heteroatoms. The van der Waals surface area contributed by atoms with Crippen molar-refractivity contribution < 1.29 is 18.3 Å². The van der Waals surface area contributed by atoms with Gasteiger partial charge in [-0.3, -0.25) is 4.90 Å². The second-order valence-corrected chi connectivity index (χ2v) is 5.16. The van der Waals surface area contributed by atoms with Gasteiger partial charge in [0.15, 0.2) is 0 Å². The average molecular weight is 273 g/mol. The molecule has 0 radical (unpaired) electrons. The van der Waals surface area contributed by atoms with Crippen LogP contribution < -0.4 is 0 Å². The molecule has 1 unspecified atom stereocenters. The third-order valence-electron chi connectivity index (χ3n) is 3.69. The second kappa shape index (κ2) is 5.41. The van der Waals surface area contributed by atoms with Crippen LogP contribution in [0.25, 0.3) is 0 Å². The fourth-order valence-electron chi connectivity index (χ4n) is 2.54. The van der Waals surface area contributed by atoms with Crippen molar-refractivity contribution in [2.75, 3.05) is 6.54 Å². The first-order valence-electron chi connectivity index (χ1n) is 6.51. The Bertz CT molecular complexity index is 445. The molecule has 0 spiro atoms. The summed E-state index contributed by atoms with van der Waals surface area (Å²) in [4.78, 5) is 2.19. The lowest BCUT2D eigenvalue weighted by Crippen LogP contribution is -2.36. The molecule has 0 saturated carbocycles. The molecule has 19 heavy (non-hydrogen) atoms. The maximum absolute atomic E-state index is 12.7. The highest BCUT2D eigenvalue weighted by atomic mass is 19.4. The van der Waals surface area contributed by atoms with Crippen LogP contribution in [0.4, 0.5) is 13.2 Å². The molecule has 0 aliphatic carbocycles. The van der Waals surface area contributed by atoms with Gasteiger partial charge in [0.1, 0.15) is 5.75 Å². The van der Waals surface area contributed by atoms with Gasteiger partial charge in [0.25, 0.3) is 0 Å². The monoisotopic (exact) mass is 273 g/mol. The highest BCUT2D eigenvalue weighted by molar-refractivity contribution is 5.38. The number of benzene rings is 1. The number of likely N-dealkylation sites (tertiary alicyclic amines) is 1. The molecular weight excluding hydrogens is 255 g/mol. The van der Waals surface area contributed by atoms with Crippen molar-refractivity contribution in [3.8, 4) is 5.75 Å². The number of hydrogen-bond acceptors (Lipinski definition) is 2. The quantitative estimate of drug-likeness (QED) is 0.886. The van der Waals surface area contributed by atoms with Crippen LogP contribution in [0.5, 0.6) is 5.75 Å². The molecule has 1 atom stereocenters. The molecule has 106 valence electrons. The Labute approximate surface area is 110 Å². The first-order valence-corrected chi connectivity index (χ1v) is 6.51. The predicted molar refractivity (Wildman–Crippen MR) is 66.8 cm³/mol. The fourth-order valence-corrected chi connectivity index (χ4v) is 2.54. The van der Waals surface area contributed by atoms with E-state index >= 15 is 0 Å². The van der Waals surface area contributed by atoms with Crippen molar-refractivity contribution in [2.45, 2.75) is 44.9 Å². The maximum atomic E-state index is 12.7. The normalized spacial score (nSPS) is 21.6. The van der Waals surface area contributed by atoms with Gasteiger partial charge in [-0.2, -0.15) is 13.2 Å². The third kappa shape index (κ3) is 3.41. The van der Waals surface area contributed by atoms with E-state index in [2.05, 4.69) is 11.8 Å². The van der Waals surface area contributed by atoms with Gasteiger partial charge in [-0.25, -0.2) is 0 Å². The van der Waals surface area contributed by atoms with E-state index in [1.54, 1.807) is 6.07 Å². The molecule has 1 aliphatic heterocycles. The van der Waals surface area contributed by atoms with Crippen molar-refractivity contribution in [2.24, 2.45) is 0 Å². The molecule has 1 N–H and O–H groups in total. The number of phenols is 1. The van der Waals surface area contributed by atoms with Crippen LogP contribution in [0.2, 0.25) is 0 Å². The molecule has 1 heterocycles. The van der Waals surface area contributed by atoms with Gasteiger partial charge >= 0.3 is 6.18 Å². The minimum absolute atomic E-state index is 0.400. The highest BCUT2D eigenvalue weighted by Crippen LogP contribution is 2.36. The third-order valence-corrected chi connectivity index (χ3v) is 3.69. The second-order valence-electron chi connectivity index (χ2n) is 5.16. The Morgan fingerprint density at radius 1 is 1.32 bits per heavy atom. The zero-order chi connectivity index (χ0) is 14.0. The molecule has 1 fully saturated rings. The number of phenolic OH excluding ortho intramolecular Hbond substituents is 1. The number of alkyl halides is 3. The number of halogens is 3. The molecular formula is C14H18F3NO. The van der Waals surface area contributed by atoms with Crippen LogP contribution in [-0.4, -0.2) is 22.6 Å². The summed E-state index contributed by atoms with van der Waals surface area (Å²) in [6.45, 7) is 3.53. The Morgan fingerprint density at radius 2 is 2.05 bits per heavy atom. The predicted octanol–water partition coefficient (Wildman–Crippen LogP) is 3.79. The van der Waals surface area contributed by atoms with Crippen LogP contribution in [0.1, 0.15) is 37.3 Å². The average Bonchev–Trinajstić information content (AvgIpc) is 2.33. The maximum Gasteiger partial charge on any atom is 0.419 e. The number of nitrogens with zero attached hydrogens (tertiary/aromatic N) is 1. The van der Waals surface area contributed by atoms with Crippen molar-refractivity contribution in [1.82, 2.24) is 4.90 Å². The Morgan fingerprint density at radius 3 is 2.68 bits per heavy atom. The van der Waals surface area contributed by atoms with E-state index in [1.165, 1.54) is 6.42 Å². The van der Waals surface area contributed by atoms with Crippen LogP contribution in [0, 0.1) is 0 Å². The minimum Gasteiger partial charge on any atom is -0.507 e. The van der Waals surface area contributed by atoms with Gasteiger partial charge in [-0.1, -0.05) is 12.5 Å². The van der Waals surface area contributed by atoms with Gasteiger partial charge in [-0.15, -0.1) is 0 Å². The van der Waals surface area contributed by atoms with Crippen LogP contribution in [0.3, 0.4) is 0 Å². The van der Waals surface area contributed by atoms with Crippen molar-refractivity contribution in [3.05, 3.63) is 29.3 Å². The van der Waals surface area contributed by atoms with Gasteiger partial charge in [0.2, 0.25) is 0 Å². The van der Waals surface area contributed by atoms with E-state index in [0.29, 0.717) is 18.2 Å². The molecule has 0 aromatic heterocycles. The minimum atomic E-state index is -4.51. The lowest BCUT2D eigenvalue weighted by atomic mass is 10.0. The van der Waals surface area contributed by atoms with Crippen LogP contribution in [0.15, 0.2) is 18.2 Å². The number of rotatable bonds is 2. The Balaban J connectivity index is 2.17. The number of piperidine rings is 1. The molecule has 2 nitrogen and oxygen atoms in total. The van der Waals surface area contributed by atoms with Gasteiger partial charge < -0.3 is 5.11 Å². The summed E-state index contributed by atoms with van der Waals surface area (Å²) in [5.41, 5.74) is -0.353. The van der Waals surface area contributed by atoms with E-state index in [4.69, 9.17) is 0 Å². The van der Waals surface area contributed by atoms with E-state index in [1.807, 2.05) is 0 Å². The largest absolute Gasteiger partial charge is 0.507 e. The fraction of sp³-hybridized carbons (Fsp3) is 0.571. The first kappa shape index (κ1) is 14.2. The highest BCUT2D eigenvalue weighted by Gasteiger charge is 2.34. The summed E-state index contributed by atoms with van der Waals surface area (Å²) in [6.07, 6.45) is -1.15. The van der Waals surface area contributed by atoms with Gasteiger partial charge in [0, 0.05) is 12.6 Å². The smallest absolute Gasteiger partial charge is 0.419 e. The summed E-state index contributed by atoms with van der Waals surface area (Å²) < 4.78 is 38.1. The SMILES string of the molecule is CC1CCCCN1Cc1ccc(O)c(C(F)(F)F)c1. The van der Waals surface area contributed by atoms with Gasteiger partial charge in [-0.05, 0) is 44.0 Å². The summed E-state index contributed by atoms with van der Waals surface area (Å²) in [5.74, 6) is -0.706. The number of hydrogen-bond donors (Lipinski definition) is 1. The Kier molecular flexibility index (Phi) is 4.04. The summed E-state index contributed by atoms with van der Waals surface area (Å²) >= 11 is 0. The zero-order valence-electron chi connectivity index (χ0n) is 10.9. The van der Waals surface area contributed by atoms with Crippen molar-refractivity contribution in [1.29, 1.82) is 0 Å². The topological polar surface area (TPSA) is 23.5 Å². The zero-order valence-corrected chi connectivity index (χ0v) is 10.9. The molecule has 1 aromatic carbocycles. The lowest BCUT2D eigenvalue weighted by molar-refractivity contribution is -0.138. The van der Waals surface area contributed by atoms with E-state index in [9.17, 15) is 18.3 Å². The number of aromatic hydroxyl groups is 1. The van der Waals surface area contributed by atoms with E-state index < -0.39 is 17.5 Å². The molecule has 0 amide bonds. The molecule has 1 saturated heterocycles. The van der Waals surface area contributed by atoms with Crippen molar-refractivity contribution in [3.63, 3.8) is 0 Å².